The zero-order chi connectivity index (χ0) is 25.1. The number of halogens is 2. The molecule has 0 saturated carbocycles. The Morgan fingerprint density at radius 1 is 1.17 bits per heavy atom. The summed E-state index contributed by atoms with van der Waals surface area (Å²) in [4.78, 5) is 18.9. The Kier molecular flexibility index (Phi) is 7.25. The summed E-state index contributed by atoms with van der Waals surface area (Å²) in [6.07, 6.45) is 4.02. The Labute approximate surface area is 218 Å². The van der Waals surface area contributed by atoms with Crippen molar-refractivity contribution in [2.24, 2.45) is 0 Å². The van der Waals surface area contributed by atoms with E-state index < -0.39 is 11.9 Å². The van der Waals surface area contributed by atoms with Crippen LogP contribution < -0.4 is 9.64 Å². The van der Waals surface area contributed by atoms with Crippen LogP contribution in [0.1, 0.15) is 5.56 Å². The van der Waals surface area contributed by atoms with Crippen molar-refractivity contribution in [1.29, 1.82) is 0 Å². The van der Waals surface area contributed by atoms with Crippen molar-refractivity contribution in [1.82, 2.24) is 14.5 Å². The number of aromatic nitrogens is 2. The van der Waals surface area contributed by atoms with E-state index >= 15 is 0 Å². The van der Waals surface area contributed by atoms with E-state index in [0.29, 0.717) is 60.7 Å². The van der Waals surface area contributed by atoms with Crippen LogP contribution in [0, 0.1) is 0 Å². The summed E-state index contributed by atoms with van der Waals surface area (Å²) in [6, 6.07) is 13.0. The molecule has 1 aromatic heterocycles. The first-order valence-electron chi connectivity index (χ1n) is 11.6. The number of amides is 1. The van der Waals surface area contributed by atoms with Crippen LogP contribution in [0.15, 0.2) is 61.2 Å². The second kappa shape index (κ2) is 10.6. The van der Waals surface area contributed by atoms with Gasteiger partial charge in [-0.2, -0.15) is 0 Å². The quantitative estimate of drug-likeness (QED) is 0.484. The number of carbonyl (C=O) groups is 1. The number of imidazole rings is 1. The number of nitrogens with zero attached hydrogens (tertiary/aromatic N) is 4. The SMILES string of the molecule is O=C(O)N1CCN(c2cccc(OCC3COC(Cn4ccnc4)(c4ccc(Cl)cc4Cl)O3)c2)CC1. The Morgan fingerprint density at radius 3 is 2.72 bits per heavy atom. The van der Waals surface area contributed by atoms with E-state index in [-0.39, 0.29) is 12.7 Å². The molecule has 36 heavy (non-hydrogen) atoms. The highest BCUT2D eigenvalue weighted by Gasteiger charge is 2.45. The molecular formula is C25H26Cl2N4O5. The first-order chi connectivity index (χ1) is 17.4. The summed E-state index contributed by atoms with van der Waals surface area (Å²) < 4.78 is 20.6. The lowest BCUT2D eigenvalue weighted by molar-refractivity contribution is -0.189. The molecule has 0 radical (unpaired) electrons. The van der Waals surface area contributed by atoms with E-state index in [9.17, 15) is 4.79 Å². The predicted molar refractivity (Wildman–Crippen MR) is 135 cm³/mol. The van der Waals surface area contributed by atoms with Gasteiger partial charge in [0.25, 0.3) is 0 Å². The van der Waals surface area contributed by atoms with Crippen molar-refractivity contribution in [3.05, 3.63) is 76.8 Å². The molecule has 2 aliphatic heterocycles. The van der Waals surface area contributed by atoms with Crippen molar-refractivity contribution < 1.29 is 24.1 Å². The minimum Gasteiger partial charge on any atom is -0.491 e. The molecular weight excluding hydrogens is 507 g/mol. The lowest BCUT2D eigenvalue weighted by Gasteiger charge is -2.34. The van der Waals surface area contributed by atoms with Crippen LogP contribution in [0.4, 0.5) is 10.5 Å². The maximum Gasteiger partial charge on any atom is 0.407 e. The van der Waals surface area contributed by atoms with Gasteiger partial charge in [-0.25, -0.2) is 9.78 Å². The summed E-state index contributed by atoms with van der Waals surface area (Å²) in [5, 5.41) is 10.2. The van der Waals surface area contributed by atoms with Crippen LogP contribution >= 0.6 is 23.2 Å². The number of piperazine rings is 1. The first kappa shape index (κ1) is 24.7. The number of rotatable bonds is 7. The summed E-state index contributed by atoms with van der Waals surface area (Å²) in [6.45, 7) is 3.18. The summed E-state index contributed by atoms with van der Waals surface area (Å²) in [5.74, 6) is -0.407. The predicted octanol–water partition coefficient (Wildman–Crippen LogP) is 4.34. The zero-order valence-corrected chi connectivity index (χ0v) is 20.9. The van der Waals surface area contributed by atoms with E-state index in [2.05, 4.69) is 9.88 Å². The molecule has 9 nitrogen and oxygen atoms in total. The summed E-state index contributed by atoms with van der Waals surface area (Å²) >= 11 is 12.7. The van der Waals surface area contributed by atoms with Crippen LogP contribution in [-0.4, -0.2) is 71.1 Å². The Bertz CT molecular complexity index is 1200. The third-order valence-corrected chi connectivity index (χ3v) is 6.87. The Hall–Kier alpha value is -2.98. The molecule has 2 aromatic carbocycles. The van der Waals surface area contributed by atoms with Gasteiger partial charge in [0.1, 0.15) is 18.5 Å². The van der Waals surface area contributed by atoms with Gasteiger partial charge >= 0.3 is 6.09 Å². The van der Waals surface area contributed by atoms with Crippen LogP contribution in [0.2, 0.25) is 10.0 Å². The van der Waals surface area contributed by atoms with Crippen molar-refractivity contribution in [3.8, 4) is 5.75 Å². The molecule has 190 valence electrons. The van der Waals surface area contributed by atoms with Crippen LogP contribution in [0.3, 0.4) is 0 Å². The molecule has 0 bridgehead atoms. The average molecular weight is 533 g/mol. The normalized spacial score (nSPS) is 22.1. The van der Waals surface area contributed by atoms with E-state index in [0.717, 1.165) is 5.69 Å². The van der Waals surface area contributed by atoms with Crippen molar-refractivity contribution in [3.63, 3.8) is 0 Å². The highest BCUT2D eigenvalue weighted by atomic mass is 35.5. The highest BCUT2D eigenvalue weighted by molar-refractivity contribution is 6.35. The van der Waals surface area contributed by atoms with Crippen molar-refractivity contribution in [2.75, 3.05) is 44.3 Å². The number of benzene rings is 2. The van der Waals surface area contributed by atoms with Gasteiger partial charge < -0.3 is 33.7 Å². The Morgan fingerprint density at radius 2 is 2.00 bits per heavy atom. The summed E-state index contributed by atoms with van der Waals surface area (Å²) in [5.41, 5.74) is 1.68. The number of hydrogen-bond acceptors (Lipinski definition) is 6. The average Bonchev–Trinajstić information content (AvgIpc) is 3.54. The second-order valence-electron chi connectivity index (χ2n) is 8.73. The number of carboxylic acid groups (broad SMARTS) is 1. The zero-order valence-electron chi connectivity index (χ0n) is 19.4. The third-order valence-electron chi connectivity index (χ3n) is 6.32. The number of anilines is 1. The van der Waals surface area contributed by atoms with Gasteiger partial charge in [-0.1, -0.05) is 35.3 Å². The van der Waals surface area contributed by atoms with Gasteiger partial charge in [-0.3, -0.25) is 0 Å². The molecule has 5 rings (SSSR count). The van der Waals surface area contributed by atoms with Gasteiger partial charge in [0, 0.05) is 60.9 Å². The van der Waals surface area contributed by atoms with Gasteiger partial charge in [0.2, 0.25) is 5.79 Å². The van der Waals surface area contributed by atoms with E-state index in [1.807, 2.05) is 41.1 Å². The molecule has 2 fully saturated rings. The maximum absolute atomic E-state index is 11.2. The molecule has 0 aliphatic carbocycles. The summed E-state index contributed by atoms with van der Waals surface area (Å²) in [7, 11) is 0. The third kappa shape index (κ3) is 5.39. The van der Waals surface area contributed by atoms with Crippen molar-refractivity contribution >= 4 is 35.0 Å². The molecule has 1 amide bonds. The van der Waals surface area contributed by atoms with Crippen LogP contribution in [-0.2, 0) is 21.8 Å². The standard InChI is InChI=1S/C25H26Cl2N4O5/c26-18-4-5-22(23(27)12-18)25(16-29-7-6-28-17-29)35-15-21(36-25)14-34-20-3-1-2-19(13-20)30-8-10-31(11-9-30)24(32)33/h1-7,12-13,17,21H,8-11,14-16H2,(H,32,33). The van der Waals surface area contributed by atoms with Crippen LogP contribution in [0.25, 0.3) is 0 Å². The Balaban J connectivity index is 1.25. The fourth-order valence-electron chi connectivity index (χ4n) is 4.49. The minimum atomic E-state index is -1.11. The van der Waals surface area contributed by atoms with Gasteiger partial charge in [0.15, 0.2) is 0 Å². The second-order valence-corrected chi connectivity index (χ2v) is 9.57. The fourth-order valence-corrected chi connectivity index (χ4v) is 5.04. The maximum atomic E-state index is 11.2. The molecule has 2 atom stereocenters. The van der Waals surface area contributed by atoms with E-state index in [4.69, 9.17) is 42.5 Å². The van der Waals surface area contributed by atoms with Gasteiger partial charge in [0.05, 0.1) is 24.5 Å². The van der Waals surface area contributed by atoms with Crippen LogP contribution in [0.5, 0.6) is 5.75 Å². The largest absolute Gasteiger partial charge is 0.491 e. The lowest BCUT2D eigenvalue weighted by atomic mass is 10.1. The van der Waals surface area contributed by atoms with E-state index in [1.165, 1.54) is 4.90 Å². The molecule has 2 saturated heterocycles. The van der Waals surface area contributed by atoms with Gasteiger partial charge in [-0.15, -0.1) is 0 Å². The molecule has 2 aliphatic rings. The first-order valence-corrected chi connectivity index (χ1v) is 12.4. The van der Waals surface area contributed by atoms with Gasteiger partial charge in [-0.05, 0) is 24.3 Å². The molecule has 11 heteroatoms. The molecule has 1 N–H and O–H groups in total. The number of ether oxygens (including phenoxy) is 3. The molecule has 3 aromatic rings. The fraction of sp³-hybridized carbons (Fsp3) is 0.360. The topological polar surface area (TPSA) is 89.3 Å². The highest BCUT2D eigenvalue weighted by Crippen LogP contribution is 2.40. The minimum absolute atomic E-state index is 0.285. The molecule has 3 heterocycles. The lowest BCUT2D eigenvalue weighted by Crippen LogP contribution is -2.48. The molecule has 2 unspecified atom stereocenters. The molecule has 0 spiro atoms. The monoisotopic (exact) mass is 532 g/mol. The number of hydrogen-bond donors (Lipinski definition) is 1. The van der Waals surface area contributed by atoms with Crippen molar-refractivity contribution in [2.45, 2.75) is 18.4 Å². The van der Waals surface area contributed by atoms with E-state index in [1.54, 1.807) is 24.7 Å². The smallest absolute Gasteiger partial charge is 0.407 e.